The van der Waals surface area contributed by atoms with Gasteiger partial charge < -0.3 is 18.8 Å². The Morgan fingerprint density at radius 2 is 1.75 bits per heavy atom. The van der Waals surface area contributed by atoms with Crippen molar-refractivity contribution >= 4 is 57.5 Å². The van der Waals surface area contributed by atoms with Crippen LogP contribution in [0, 0.1) is 24.6 Å². The summed E-state index contributed by atoms with van der Waals surface area (Å²) in [5.74, 6) is -3.54. The smallest absolute Gasteiger partial charge is 0.265 e. The third-order valence-electron chi connectivity index (χ3n) is 11.0. The summed E-state index contributed by atoms with van der Waals surface area (Å²) in [6.07, 6.45) is 0.251. The van der Waals surface area contributed by atoms with Gasteiger partial charge in [-0.1, -0.05) is 58.0 Å². The minimum atomic E-state index is -2.88. The van der Waals surface area contributed by atoms with Crippen molar-refractivity contribution in [3.05, 3.63) is 84.2 Å². The number of benzene rings is 2. The Kier molecular flexibility index (Phi) is 8.80. The van der Waals surface area contributed by atoms with Crippen LogP contribution in [0.15, 0.2) is 49.4 Å². The molecular weight excluding hydrogens is 763 g/mol. The van der Waals surface area contributed by atoms with Gasteiger partial charge in [-0.25, -0.2) is 4.39 Å². The Labute approximate surface area is 298 Å². The number of carbonyl (C=O) groups is 2. The second-order valence-electron chi connectivity index (χ2n) is 15.0. The van der Waals surface area contributed by atoms with E-state index in [4.69, 9.17) is 13.7 Å². The lowest BCUT2D eigenvalue weighted by Crippen LogP contribution is -2.68. The summed E-state index contributed by atoms with van der Waals surface area (Å²) in [5.41, 5.74) is 0.206. The number of aromatic nitrogens is 1. The fraction of sp³-hybridized carbons (Fsp3) is 0.472. The lowest BCUT2D eigenvalue weighted by molar-refractivity contribution is -0.141. The molecule has 0 radical (unpaired) electrons. The Hall–Kier alpha value is -2.64. The molecule has 3 aromatic rings. The largest absolute Gasteiger partial charge is 0.507 e. The predicted molar refractivity (Wildman–Crippen MR) is 190 cm³/mol. The minimum absolute atomic E-state index is 0.00969. The molecule has 3 aliphatic rings. The molecule has 0 unspecified atom stereocenters. The van der Waals surface area contributed by atoms with E-state index >= 15 is 14.0 Å². The van der Waals surface area contributed by atoms with Gasteiger partial charge in [-0.15, -0.1) is 0 Å². The van der Waals surface area contributed by atoms with Crippen LogP contribution in [-0.2, 0) is 15.8 Å². The first-order valence-corrected chi connectivity index (χ1v) is 20.6. The summed E-state index contributed by atoms with van der Waals surface area (Å²) < 4.78 is 35.9. The molecule has 256 valence electrons. The normalized spacial score (nSPS) is 25.5. The van der Waals surface area contributed by atoms with Crippen LogP contribution in [0.4, 0.5) is 4.39 Å². The monoisotopic (exact) mass is 802 g/mol. The number of hydrogen-bond acceptors (Lipinski definition) is 8. The molecule has 0 aliphatic heterocycles. The zero-order valence-electron chi connectivity index (χ0n) is 28.6. The number of aliphatic hydroxyl groups excluding tert-OH is 1. The number of nitrogens with zero attached hydrogens (tertiary/aromatic N) is 2. The van der Waals surface area contributed by atoms with Crippen molar-refractivity contribution in [1.29, 1.82) is 0 Å². The van der Waals surface area contributed by atoms with E-state index in [1.54, 1.807) is 6.92 Å². The van der Waals surface area contributed by atoms with Crippen molar-refractivity contribution in [3.8, 4) is 5.88 Å². The van der Waals surface area contributed by atoms with Gasteiger partial charge in [0, 0.05) is 27.1 Å². The molecule has 8 nitrogen and oxygen atoms in total. The molecule has 1 saturated carbocycles. The van der Waals surface area contributed by atoms with Gasteiger partial charge in [0.15, 0.2) is 19.7 Å². The fourth-order valence-corrected chi connectivity index (χ4v) is 9.86. The standard InChI is InChI=1S/C36H41Br2FN2O6Si/c1-17-20-15-21-29(41(6)7)31-25(34(40-46-31)45-16-19-13-11-10-12-14-19)33(44)36(21,47-48(8,9)35(3,4)5)32(43)24(20)30(42)23-18(2)26(37)27(38)28(39)22(17)23/h10-14,17,20-21,29,42H,15-16H2,1-9H3/t17-,20-,21+,29+,36+/m1/s1. The van der Waals surface area contributed by atoms with Crippen LogP contribution < -0.4 is 4.74 Å². The number of halogens is 3. The summed E-state index contributed by atoms with van der Waals surface area (Å²) >= 11 is 6.83. The molecule has 5 atom stereocenters. The van der Waals surface area contributed by atoms with E-state index in [-0.39, 0.29) is 50.9 Å². The van der Waals surface area contributed by atoms with Gasteiger partial charge in [-0.2, -0.15) is 0 Å². The third kappa shape index (κ3) is 5.03. The second-order valence-corrected chi connectivity index (χ2v) is 21.3. The summed E-state index contributed by atoms with van der Waals surface area (Å²) in [5, 5.41) is 15.9. The molecule has 1 fully saturated rings. The van der Waals surface area contributed by atoms with Crippen molar-refractivity contribution < 1.29 is 32.8 Å². The summed E-state index contributed by atoms with van der Waals surface area (Å²) in [7, 11) is 0.839. The topological polar surface area (TPSA) is 102 Å². The average Bonchev–Trinajstić information content (AvgIpc) is 3.43. The number of Topliss-reactive ketones (excluding diaryl/α,β-unsaturated/α-hetero) is 2. The molecule has 12 heteroatoms. The highest BCUT2D eigenvalue weighted by Crippen LogP contribution is 2.61. The molecular formula is C36H41Br2FN2O6Si. The third-order valence-corrected chi connectivity index (χ3v) is 17.7. The van der Waals surface area contributed by atoms with Gasteiger partial charge in [-0.05, 0) is 106 Å². The minimum Gasteiger partial charge on any atom is -0.507 e. The number of hydrogen-bond donors (Lipinski definition) is 1. The molecule has 0 bridgehead atoms. The highest BCUT2D eigenvalue weighted by molar-refractivity contribution is 9.13. The molecule has 0 amide bonds. The number of ether oxygens (including phenoxy) is 1. The van der Waals surface area contributed by atoms with E-state index < -0.39 is 55.1 Å². The Bertz CT molecular complexity index is 1870. The van der Waals surface area contributed by atoms with Gasteiger partial charge in [0.1, 0.15) is 23.7 Å². The Morgan fingerprint density at radius 3 is 2.35 bits per heavy atom. The molecule has 1 N–H and O–H groups in total. The van der Waals surface area contributed by atoms with E-state index in [0.717, 1.165) is 5.56 Å². The van der Waals surface area contributed by atoms with Gasteiger partial charge >= 0.3 is 0 Å². The maximum Gasteiger partial charge on any atom is 0.265 e. The summed E-state index contributed by atoms with van der Waals surface area (Å²) in [4.78, 5) is 32.7. The van der Waals surface area contributed by atoms with E-state index in [2.05, 4.69) is 37.0 Å². The van der Waals surface area contributed by atoms with Crippen LogP contribution in [0.25, 0.3) is 5.76 Å². The first-order valence-electron chi connectivity index (χ1n) is 16.1. The SMILES string of the molecule is Cc1c(Br)c(Br)c(F)c2c1C(O)=C1C(=O)[C@]3(O[Si](C)(C)C(C)(C)C)C(=O)c4c(OCc5ccccc5)noc4[C@@H](N(C)C)[C@@H]3C[C@@H]1[C@H]2C. The summed E-state index contributed by atoms with van der Waals surface area (Å²) in [6, 6.07) is 8.87. The van der Waals surface area contributed by atoms with Gasteiger partial charge in [0.25, 0.3) is 5.88 Å². The highest BCUT2D eigenvalue weighted by atomic mass is 79.9. The van der Waals surface area contributed by atoms with E-state index in [1.165, 1.54) is 0 Å². The van der Waals surface area contributed by atoms with Gasteiger partial charge in [-0.3, -0.25) is 14.5 Å². The van der Waals surface area contributed by atoms with Crippen molar-refractivity contribution in [2.24, 2.45) is 11.8 Å². The average molecular weight is 805 g/mol. The summed E-state index contributed by atoms with van der Waals surface area (Å²) in [6.45, 7) is 13.9. The van der Waals surface area contributed by atoms with Crippen LogP contribution in [0.2, 0.25) is 18.1 Å². The second kappa shape index (κ2) is 12.0. The zero-order chi connectivity index (χ0) is 35.2. The first-order chi connectivity index (χ1) is 22.4. The van der Waals surface area contributed by atoms with Crippen LogP contribution >= 0.6 is 31.9 Å². The molecule has 1 heterocycles. The van der Waals surface area contributed by atoms with Crippen molar-refractivity contribution in [3.63, 3.8) is 0 Å². The van der Waals surface area contributed by atoms with Crippen molar-refractivity contribution in [1.82, 2.24) is 10.1 Å². The van der Waals surface area contributed by atoms with Crippen molar-refractivity contribution in [2.45, 2.75) is 83.3 Å². The van der Waals surface area contributed by atoms with Crippen LogP contribution in [0.5, 0.6) is 5.88 Å². The van der Waals surface area contributed by atoms with Gasteiger partial charge in [0.05, 0.1) is 10.5 Å². The van der Waals surface area contributed by atoms with Crippen LogP contribution in [-0.4, -0.2) is 54.7 Å². The Morgan fingerprint density at radius 1 is 1.10 bits per heavy atom. The Balaban J connectivity index is 1.61. The number of carbonyl (C=O) groups excluding carboxylic acids is 2. The predicted octanol–water partition coefficient (Wildman–Crippen LogP) is 9.08. The van der Waals surface area contributed by atoms with Crippen LogP contribution in [0.3, 0.4) is 0 Å². The molecule has 6 rings (SSSR count). The molecule has 48 heavy (non-hydrogen) atoms. The highest BCUT2D eigenvalue weighted by Gasteiger charge is 2.69. The number of ketones is 2. The molecule has 0 saturated heterocycles. The van der Waals surface area contributed by atoms with E-state index in [9.17, 15) is 5.11 Å². The molecule has 0 spiro atoms. The van der Waals surface area contributed by atoms with E-state index in [1.807, 2.05) is 90.1 Å². The lowest BCUT2D eigenvalue weighted by Gasteiger charge is -2.55. The molecule has 3 aliphatic carbocycles. The van der Waals surface area contributed by atoms with E-state index in [0.29, 0.717) is 21.4 Å². The number of rotatable bonds is 6. The molecule has 1 aromatic heterocycles. The van der Waals surface area contributed by atoms with Gasteiger partial charge in [0.2, 0.25) is 11.6 Å². The number of fused-ring (bicyclic) bond motifs is 4. The maximum absolute atomic E-state index is 16.0. The quantitative estimate of drug-likeness (QED) is 0.150. The van der Waals surface area contributed by atoms with Crippen molar-refractivity contribution in [2.75, 3.05) is 14.1 Å². The fourth-order valence-electron chi connectivity index (χ4n) is 7.53. The first kappa shape index (κ1) is 35.2. The molecule has 2 aromatic carbocycles. The number of aliphatic hydroxyl groups is 1. The lowest BCUT2D eigenvalue weighted by atomic mass is 9.55. The zero-order valence-corrected chi connectivity index (χ0v) is 32.8. The van der Waals surface area contributed by atoms with Crippen LogP contribution in [0.1, 0.15) is 84.4 Å². The maximum atomic E-state index is 16.0.